The fourth-order valence-electron chi connectivity index (χ4n) is 2.61. The monoisotopic (exact) mass is 368 g/mol. The minimum Gasteiger partial charge on any atom is -0.350 e. The quantitative estimate of drug-likeness (QED) is 0.869. The first-order valence-electron chi connectivity index (χ1n) is 6.97. The van der Waals surface area contributed by atoms with Crippen LogP contribution in [0.5, 0.6) is 0 Å². The highest BCUT2D eigenvalue weighted by Gasteiger charge is 2.22. The van der Waals surface area contributed by atoms with Crippen LogP contribution >= 0.6 is 27.3 Å². The van der Waals surface area contributed by atoms with E-state index in [0.29, 0.717) is 11.9 Å². The Hall–Kier alpha value is -1.18. The Morgan fingerprint density at radius 3 is 3.24 bits per heavy atom. The highest BCUT2D eigenvalue weighted by atomic mass is 79.9. The Balaban J connectivity index is 1.61. The molecule has 7 heteroatoms. The Morgan fingerprint density at radius 2 is 2.48 bits per heavy atom. The van der Waals surface area contributed by atoms with Crippen LogP contribution in [0.4, 0.5) is 5.82 Å². The number of hydrogen-bond donors (Lipinski definition) is 2. The van der Waals surface area contributed by atoms with E-state index >= 15 is 0 Å². The number of H-pyrrole nitrogens is 1. The summed E-state index contributed by atoms with van der Waals surface area (Å²) in [5, 5.41) is 5.73. The lowest BCUT2D eigenvalue weighted by molar-refractivity contribution is 0.419. The van der Waals surface area contributed by atoms with Crippen molar-refractivity contribution >= 4 is 33.1 Å². The van der Waals surface area contributed by atoms with Crippen LogP contribution in [-0.4, -0.2) is 29.1 Å². The molecule has 1 aliphatic rings. The molecule has 0 aromatic carbocycles. The molecule has 1 aliphatic heterocycles. The van der Waals surface area contributed by atoms with Gasteiger partial charge >= 0.3 is 0 Å². The van der Waals surface area contributed by atoms with E-state index in [2.05, 4.69) is 47.6 Å². The van der Waals surface area contributed by atoms with Crippen molar-refractivity contribution in [3.63, 3.8) is 0 Å². The molecule has 2 aromatic heterocycles. The first kappa shape index (κ1) is 14.7. The van der Waals surface area contributed by atoms with Gasteiger partial charge in [-0.05, 0) is 45.8 Å². The van der Waals surface area contributed by atoms with Crippen LogP contribution < -0.4 is 15.8 Å². The number of anilines is 1. The summed E-state index contributed by atoms with van der Waals surface area (Å²) in [6, 6.07) is 2.53. The van der Waals surface area contributed by atoms with Crippen molar-refractivity contribution in [1.82, 2.24) is 15.3 Å². The van der Waals surface area contributed by atoms with Crippen LogP contribution in [0.25, 0.3) is 0 Å². The number of aromatic nitrogens is 2. The van der Waals surface area contributed by atoms with Crippen molar-refractivity contribution < 1.29 is 0 Å². The lowest BCUT2D eigenvalue weighted by Gasteiger charge is -2.33. The number of nitrogens with one attached hydrogen (secondary N) is 2. The highest BCUT2D eigenvalue weighted by molar-refractivity contribution is 9.11. The Morgan fingerprint density at radius 1 is 1.57 bits per heavy atom. The van der Waals surface area contributed by atoms with Gasteiger partial charge in [-0.1, -0.05) is 0 Å². The average molecular weight is 369 g/mol. The van der Waals surface area contributed by atoms with Gasteiger partial charge in [0, 0.05) is 38.1 Å². The zero-order valence-corrected chi connectivity index (χ0v) is 13.9. The fraction of sp³-hybridized carbons (Fsp3) is 0.429. The standard InChI is InChI=1S/C14H17BrN4OS/c15-12-6-10(9-21-12)7-18-11-2-1-5-19(8-11)13-14(20)17-4-3-16-13/h3-4,6,9,11,18H,1-2,5,7-8H2,(H,17,20). The molecule has 1 unspecified atom stereocenters. The smallest absolute Gasteiger partial charge is 0.290 e. The van der Waals surface area contributed by atoms with Gasteiger partial charge < -0.3 is 15.2 Å². The fourth-order valence-corrected chi connectivity index (χ4v) is 3.82. The van der Waals surface area contributed by atoms with Crippen molar-refractivity contribution in [3.05, 3.63) is 43.5 Å². The second-order valence-electron chi connectivity index (χ2n) is 5.17. The number of thiophene rings is 1. The lowest BCUT2D eigenvalue weighted by Crippen LogP contribution is -2.47. The first-order valence-corrected chi connectivity index (χ1v) is 8.64. The van der Waals surface area contributed by atoms with Gasteiger partial charge in [-0.15, -0.1) is 11.3 Å². The molecule has 3 rings (SSSR count). The van der Waals surface area contributed by atoms with Gasteiger partial charge in [0.05, 0.1) is 3.79 Å². The maximum Gasteiger partial charge on any atom is 0.290 e. The molecule has 0 saturated carbocycles. The molecule has 1 saturated heterocycles. The molecule has 1 fully saturated rings. The molecular weight excluding hydrogens is 352 g/mol. The number of aromatic amines is 1. The molecule has 5 nitrogen and oxygen atoms in total. The third-order valence-corrected chi connectivity index (χ3v) is 5.18. The molecule has 112 valence electrons. The maximum atomic E-state index is 11.8. The predicted octanol–water partition coefficient (Wildman–Crippen LogP) is 2.35. The Labute approximate surface area is 135 Å². The minimum absolute atomic E-state index is 0.111. The zero-order valence-electron chi connectivity index (χ0n) is 11.5. The van der Waals surface area contributed by atoms with Crippen LogP contribution in [0.15, 0.2) is 32.4 Å². The third-order valence-electron chi connectivity index (χ3n) is 3.63. The van der Waals surface area contributed by atoms with Crippen LogP contribution in [0, 0.1) is 0 Å². The molecule has 21 heavy (non-hydrogen) atoms. The molecule has 2 N–H and O–H groups in total. The second-order valence-corrected chi connectivity index (χ2v) is 7.46. The van der Waals surface area contributed by atoms with E-state index in [1.165, 1.54) is 5.56 Å². The summed E-state index contributed by atoms with van der Waals surface area (Å²) in [7, 11) is 0. The van der Waals surface area contributed by atoms with Crippen LogP contribution in [0.3, 0.4) is 0 Å². The molecule has 2 aromatic rings. The van der Waals surface area contributed by atoms with Crippen molar-refractivity contribution in [1.29, 1.82) is 0 Å². The van der Waals surface area contributed by atoms with Gasteiger partial charge in [-0.3, -0.25) is 4.79 Å². The number of nitrogens with zero attached hydrogens (tertiary/aromatic N) is 2. The summed E-state index contributed by atoms with van der Waals surface area (Å²) in [5.74, 6) is 0.530. The molecular formula is C14H17BrN4OS. The van der Waals surface area contributed by atoms with E-state index in [1.54, 1.807) is 23.7 Å². The van der Waals surface area contributed by atoms with Crippen LogP contribution in [0.1, 0.15) is 18.4 Å². The SMILES string of the molecule is O=c1[nH]ccnc1N1CCCC(NCc2csc(Br)c2)C1. The third kappa shape index (κ3) is 3.72. The normalized spacial score (nSPS) is 18.9. The van der Waals surface area contributed by atoms with Crippen molar-refractivity contribution in [2.75, 3.05) is 18.0 Å². The van der Waals surface area contributed by atoms with Gasteiger partial charge in [0.15, 0.2) is 5.82 Å². The molecule has 0 bridgehead atoms. The van der Waals surface area contributed by atoms with Gasteiger partial charge in [-0.25, -0.2) is 4.98 Å². The van der Waals surface area contributed by atoms with Crippen molar-refractivity contribution in [3.8, 4) is 0 Å². The van der Waals surface area contributed by atoms with Gasteiger partial charge in [0.2, 0.25) is 0 Å². The van der Waals surface area contributed by atoms with Crippen molar-refractivity contribution in [2.24, 2.45) is 0 Å². The maximum absolute atomic E-state index is 11.8. The van der Waals surface area contributed by atoms with E-state index in [4.69, 9.17) is 0 Å². The summed E-state index contributed by atoms with van der Waals surface area (Å²) >= 11 is 5.18. The molecule has 0 amide bonds. The largest absolute Gasteiger partial charge is 0.350 e. The molecule has 1 atom stereocenters. The van der Waals surface area contributed by atoms with E-state index in [1.807, 2.05) is 0 Å². The molecule has 3 heterocycles. The molecule has 0 radical (unpaired) electrons. The minimum atomic E-state index is -0.111. The predicted molar refractivity (Wildman–Crippen MR) is 89.0 cm³/mol. The Bertz CT molecular complexity index is 656. The number of rotatable bonds is 4. The first-order chi connectivity index (χ1) is 10.2. The lowest BCUT2D eigenvalue weighted by atomic mass is 10.1. The summed E-state index contributed by atoms with van der Waals surface area (Å²) in [4.78, 5) is 20.8. The number of hydrogen-bond acceptors (Lipinski definition) is 5. The van der Waals surface area contributed by atoms with E-state index in [0.717, 1.165) is 36.3 Å². The number of halogens is 1. The summed E-state index contributed by atoms with van der Waals surface area (Å²) < 4.78 is 1.16. The topological polar surface area (TPSA) is 61.0 Å². The highest BCUT2D eigenvalue weighted by Crippen LogP contribution is 2.21. The van der Waals surface area contributed by atoms with Crippen molar-refractivity contribution in [2.45, 2.75) is 25.4 Å². The summed E-state index contributed by atoms with van der Waals surface area (Å²) in [5.41, 5.74) is 1.18. The van der Waals surface area contributed by atoms with Gasteiger partial charge in [0.25, 0.3) is 5.56 Å². The van der Waals surface area contributed by atoms with E-state index in [-0.39, 0.29) is 5.56 Å². The van der Waals surface area contributed by atoms with E-state index < -0.39 is 0 Å². The number of piperidine rings is 1. The van der Waals surface area contributed by atoms with Crippen LogP contribution in [0.2, 0.25) is 0 Å². The average Bonchev–Trinajstić information content (AvgIpc) is 2.92. The Kier molecular flexibility index (Phi) is 4.72. The van der Waals surface area contributed by atoms with Gasteiger partial charge in [0.1, 0.15) is 0 Å². The van der Waals surface area contributed by atoms with Gasteiger partial charge in [-0.2, -0.15) is 0 Å². The summed E-state index contributed by atoms with van der Waals surface area (Å²) in [6.45, 7) is 2.58. The summed E-state index contributed by atoms with van der Waals surface area (Å²) in [6.07, 6.45) is 5.41. The van der Waals surface area contributed by atoms with E-state index in [9.17, 15) is 4.79 Å². The molecule has 0 aliphatic carbocycles. The zero-order chi connectivity index (χ0) is 14.7. The van der Waals surface area contributed by atoms with Crippen LogP contribution in [-0.2, 0) is 6.54 Å². The second kappa shape index (κ2) is 6.72. The molecule has 0 spiro atoms.